The molecule has 2 aromatic carbocycles. The third kappa shape index (κ3) is 7.96. The smallest absolute Gasteiger partial charge is 0.320 e. The molecule has 7 heteroatoms. The van der Waals surface area contributed by atoms with Crippen LogP contribution in [0.25, 0.3) is 0 Å². The zero-order valence-corrected chi connectivity index (χ0v) is 13.6. The summed E-state index contributed by atoms with van der Waals surface area (Å²) in [7, 11) is 0. The topological polar surface area (TPSA) is 147 Å². The molecule has 0 spiro atoms. The number of carboxylic acids is 2. The van der Waals surface area contributed by atoms with Gasteiger partial charge in [0.25, 0.3) is 0 Å². The number of rotatable bonds is 6. The second-order valence-corrected chi connectivity index (χ2v) is 5.45. The third-order valence-corrected chi connectivity index (χ3v) is 3.32. The Hall–Kier alpha value is -2.90. The number of carboxylic acid groups (broad SMARTS) is 2. The second kappa shape index (κ2) is 10.1. The molecular weight excluding hydrogens is 324 g/mol. The second-order valence-electron chi connectivity index (χ2n) is 5.45. The third-order valence-electron chi connectivity index (χ3n) is 3.32. The number of aliphatic carboxylic acids is 2. The van der Waals surface area contributed by atoms with Gasteiger partial charge in [0.2, 0.25) is 0 Å². The lowest BCUT2D eigenvalue weighted by Gasteiger charge is -2.05. The first-order valence-corrected chi connectivity index (χ1v) is 7.58. The number of hydrogen-bond acceptors (Lipinski definition) is 5. The van der Waals surface area contributed by atoms with E-state index in [0.717, 1.165) is 11.1 Å². The van der Waals surface area contributed by atoms with Crippen molar-refractivity contribution >= 4 is 11.9 Å². The van der Waals surface area contributed by atoms with Gasteiger partial charge in [0, 0.05) is 0 Å². The van der Waals surface area contributed by atoms with Crippen LogP contribution in [0.3, 0.4) is 0 Å². The fourth-order valence-electron chi connectivity index (χ4n) is 1.93. The van der Waals surface area contributed by atoms with Crippen molar-refractivity contribution in [2.75, 3.05) is 0 Å². The van der Waals surface area contributed by atoms with Gasteiger partial charge in [0.1, 0.15) is 17.8 Å². The van der Waals surface area contributed by atoms with E-state index in [0.29, 0.717) is 6.42 Å². The highest BCUT2D eigenvalue weighted by Gasteiger charge is 2.12. The molecule has 0 aliphatic heterocycles. The Bertz CT molecular complexity index is 674. The molecule has 0 unspecified atom stereocenters. The van der Waals surface area contributed by atoms with Crippen LogP contribution in [0, 0.1) is 0 Å². The molecule has 0 fully saturated rings. The van der Waals surface area contributed by atoms with Crippen LogP contribution in [0.4, 0.5) is 0 Å². The van der Waals surface area contributed by atoms with E-state index in [1.807, 2.05) is 30.3 Å². The maximum Gasteiger partial charge on any atom is 0.320 e. The Morgan fingerprint density at radius 2 is 1.16 bits per heavy atom. The predicted molar refractivity (Wildman–Crippen MR) is 93.2 cm³/mol. The van der Waals surface area contributed by atoms with Crippen LogP contribution < -0.4 is 11.5 Å². The zero-order chi connectivity index (χ0) is 18.8. The Kier molecular flexibility index (Phi) is 8.11. The van der Waals surface area contributed by atoms with E-state index in [-0.39, 0.29) is 12.2 Å². The van der Waals surface area contributed by atoms with Crippen LogP contribution in [-0.4, -0.2) is 39.3 Å². The molecule has 7 nitrogen and oxygen atoms in total. The maximum absolute atomic E-state index is 10.4. The van der Waals surface area contributed by atoms with Crippen LogP contribution in [-0.2, 0) is 22.4 Å². The van der Waals surface area contributed by atoms with Crippen LogP contribution in [0.2, 0.25) is 0 Å². The number of nitrogens with two attached hydrogens (primary N) is 2. The van der Waals surface area contributed by atoms with Gasteiger partial charge in [-0.15, -0.1) is 0 Å². The summed E-state index contributed by atoms with van der Waals surface area (Å²) < 4.78 is 0. The molecular formula is C18H22N2O5. The summed E-state index contributed by atoms with van der Waals surface area (Å²) in [5, 5.41) is 26.0. The van der Waals surface area contributed by atoms with Crippen molar-refractivity contribution < 1.29 is 24.9 Å². The molecule has 0 saturated carbocycles. The molecule has 0 radical (unpaired) electrons. The van der Waals surface area contributed by atoms with Crippen LogP contribution in [0.1, 0.15) is 11.1 Å². The van der Waals surface area contributed by atoms with Crippen molar-refractivity contribution in [3.63, 3.8) is 0 Å². The quantitative estimate of drug-likeness (QED) is 0.524. The Morgan fingerprint density at radius 1 is 0.760 bits per heavy atom. The van der Waals surface area contributed by atoms with E-state index >= 15 is 0 Å². The first kappa shape index (κ1) is 20.1. The average molecular weight is 346 g/mol. The first-order valence-electron chi connectivity index (χ1n) is 7.58. The SMILES string of the molecule is N[C@@H](Cc1ccccc1)C(=O)O.N[C@H](Cc1ccc(O)cc1)C(=O)O. The first-order chi connectivity index (χ1) is 11.8. The van der Waals surface area contributed by atoms with Gasteiger partial charge in [0.15, 0.2) is 0 Å². The van der Waals surface area contributed by atoms with E-state index < -0.39 is 24.0 Å². The van der Waals surface area contributed by atoms with Crippen molar-refractivity contribution in [2.45, 2.75) is 24.9 Å². The Morgan fingerprint density at radius 3 is 1.56 bits per heavy atom. The van der Waals surface area contributed by atoms with E-state index in [4.69, 9.17) is 26.8 Å². The van der Waals surface area contributed by atoms with Crippen LogP contribution in [0.5, 0.6) is 5.75 Å². The number of carbonyl (C=O) groups is 2. The summed E-state index contributed by atoms with van der Waals surface area (Å²) in [4.78, 5) is 20.8. The summed E-state index contributed by atoms with van der Waals surface area (Å²) in [5.74, 6) is -1.82. The van der Waals surface area contributed by atoms with Gasteiger partial charge in [-0.1, -0.05) is 42.5 Å². The van der Waals surface area contributed by atoms with Gasteiger partial charge in [-0.3, -0.25) is 9.59 Å². The number of phenolic OH excluding ortho intramolecular Hbond substituents is 1. The fraction of sp³-hybridized carbons (Fsp3) is 0.222. The minimum Gasteiger partial charge on any atom is -0.508 e. The molecule has 2 rings (SSSR count). The van der Waals surface area contributed by atoms with Crippen LogP contribution in [0.15, 0.2) is 54.6 Å². The lowest BCUT2D eigenvalue weighted by molar-refractivity contribution is -0.139. The molecule has 25 heavy (non-hydrogen) atoms. The largest absolute Gasteiger partial charge is 0.508 e. The van der Waals surface area contributed by atoms with Crippen molar-refractivity contribution in [1.82, 2.24) is 0 Å². The van der Waals surface area contributed by atoms with Gasteiger partial charge < -0.3 is 26.8 Å². The van der Waals surface area contributed by atoms with Crippen molar-refractivity contribution in [3.8, 4) is 5.75 Å². The van der Waals surface area contributed by atoms with Gasteiger partial charge in [0.05, 0.1) is 0 Å². The van der Waals surface area contributed by atoms with E-state index in [1.54, 1.807) is 12.1 Å². The van der Waals surface area contributed by atoms with Gasteiger partial charge in [-0.2, -0.15) is 0 Å². The number of benzene rings is 2. The lowest BCUT2D eigenvalue weighted by atomic mass is 10.1. The van der Waals surface area contributed by atoms with E-state index in [2.05, 4.69) is 0 Å². The highest BCUT2D eigenvalue weighted by molar-refractivity contribution is 5.73. The molecule has 0 amide bonds. The van der Waals surface area contributed by atoms with Gasteiger partial charge in [-0.25, -0.2) is 0 Å². The molecule has 0 aliphatic carbocycles. The van der Waals surface area contributed by atoms with Gasteiger partial charge in [-0.05, 0) is 36.1 Å². The summed E-state index contributed by atoms with van der Waals surface area (Å²) in [6, 6.07) is 14.0. The van der Waals surface area contributed by atoms with Crippen molar-refractivity contribution in [2.24, 2.45) is 11.5 Å². The average Bonchev–Trinajstić information content (AvgIpc) is 2.58. The number of phenols is 1. The van der Waals surface area contributed by atoms with Crippen LogP contribution >= 0.6 is 0 Å². The molecule has 0 aromatic heterocycles. The fourth-order valence-corrected chi connectivity index (χ4v) is 1.93. The minimum atomic E-state index is -1.02. The van der Waals surface area contributed by atoms with Crippen molar-refractivity contribution in [3.05, 3.63) is 65.7 Å². The molecule has 2 atom stereocenters. The number of hydrogen-bond donors (Lipinski definition) is 5. The molecule has 0 heterocycles. The highest BCUT2D eigenvalue weighted by Crippen LogP contribution is 2.10. The van der Waals surface area contributed by atoms with E-state index in [1.165, 1.54) is 12.1 Å². The standard InChI is InChI=1S/C9H11NO3.C9H11NO2/c10-8(9(12)13)5-6-1-3-7(11)4-2-6;10-8(9(11)12)6-7-4-2-1-3-5-7/h1-4,8,11H,5,10H2,(H,12,13);1-5,8H,6,10H2,(H,11,12)/t2*8-/m10/s1. The van der Waals surface area contributed by atoms with E-state index in [9.17, 15) is 9.59 Å². The number of aromatic hydroxyl groups is 1. The molecule has 0 aliphatic rings. The Balaban J connectivity index is 0.000000251. The molecule has 0 saturated heterocycles. The van der Waals surface area contributed by atoms with Gasteiger partial charge >= 0.3 is 11.9 Å². The maximum atomic E-state index is 10.4. The molecule has 2 aromatic rings. The predicted octanol–water partition coefficient (Wildman–Crippen LogP) is 0.988. The highest BCUT2D eigenvalue weighted by atomic mass is 16.4. The Labute approximate surface area is 145 Å². The van der Waals surface area contributed by atoms with Crippen molar-refractivity contribution in [1.29, 1.82) is 0 Å². The molecule has 134 valence electrons. The summed E-state index contributed by atoms with van der Waals surface area (Å²) in [5.41, 5.74) is 12.4. The summed E-state index contributed by atoms with van der Waals surface area (Å²) in [6.07, 6.45) is 0.659. The summed E-state index contributed by atoms with van der Waals surface area (Å²) >= 11 is 0. The monoisotopic (exact) mass is 346 g/mol. The molecule has 0 bridgehead atoms. The molecule has 7 N–H and O–H groups in total. The normalized spacial score (nSPS) is 12.4. The minimum absolute atomic E-state index is 0.160. The summed E-state index contributed by atoms with van der Waals surface area (Å²) in [6.45, 7) is 0. The zero-order valence-electron chi connectivity index (χ0n) is 13.6. The lowest BCUT2D eigenvalue weighted by Crippen LogP contribution is -2.32.